The number of amides is 1. The van der Waals surface area contributed by atoms with Gasteiger partial charge in [-0.1, -0.05) is 17.3 Å². The summed E-state index contributed by atoms with van der Waals surface area (Å²) in [6, 6.07) is 10.8. The number of nitrogens with zero attached hydrogens (tertiary/aromatic N) is 5. The van der Waals surface area contributed by atoms with Crippen LogP contribution in [0.25, 0.3) is 11.3 Å². The van der Waals surface area contributed by atoms with E-state index in [1.165, 1.54) is 0 Å². The molecule has 0 spiro atoms. The molecule has 1 aromatic carbocycles. The van der Waals surface area contributed by atoms with Crippen LogP contribution in [0.15, 0.2) is 40.9 Å². The fourth-order valence-corrected chi connectivity index (χ4v) is 2.61. The van der Waals surface area contributed by atoms with E-state index in [1.807, 2.05) is 39.2 Å². The number of carbonyl (C=O) groups is 1. The SMILES string of the molecule is Cc1cc(CN(C)C(=O)c2ccc(-c3cc(N)nc(N(C)C)n3)cc2)no1. The molecule has 2 N–H and O–H groups in total. The molecule has 140 valence electrons. The molecule has 0 radical (unpaired) electrons. The molecule has 8 heteroatoms. The Balaban J connectivity index is 1.77. The molecular formula is C19H22N6O2. The maximum Gasteiger partial charge on any atom is 0.253 e. The minimum atomic E-state index is -0.0987. The maximum absolute atomic E-state index is 12.6. The predicted octanol–water partition coefficient (Wildman–Crippen LogP) is 2.36. The van der Waals surface area contributed by atoms with Crippen LogP contribution in [0.3, 0.4) is 0 Å². The molecular weight excluding hydrogens is 344 g/mol. The third-order valence-electron chi connectivity index (χ3n) is 3.98. The van der Waals surface area contributed by atoms with Gasteiger partial charge in [-0.25, -0.2) is 4.98 Å². The van der Waals surface area contributed by atoms with Gasteiger partial charge in [0, 0.05) is 44.4 Å². The highest BCUT2D eigenvalue weighted by molar-refractivity contribution is 5.94. The number of nitrogen functional groups attached to an aromatic ring is 1. The van der Waals surface area contributed by atoms with Crippen molar-refractivity contribution in [2.45, 2.75) is 13.5 Å². The molecule has 0 bridgehead atoms. The fourth-order valence-electron chi connectivity index (χ4n) is 2.61. The van der Waals surface area contributed by atoms with Gasteiger partial charge in [0.25, 0.3) is 5.91 Å². The smallest absolute Gasteiger partial charge is 0.253 e. The third kappa shape index (κ3) is 4.22. The van der Waals surface area contributed by atoms with Crippen LogP contribution >= 0.6 is 0 Å². The van der Waals surface area contributed by atoms with Gasteiger partial charge in [-0.3, -0.25) is 4.79 Å². The standard InChI is InChI=1S/C19H22N6O2/c1-12-9-15(23-27-12)11-25(4)18(26)14-7-5-13(6-8-14)16-10-17(20)22-19(21-16)24(2)3/h5-10H,11H2,1-4H3,(H2,20,21,22). The molecule has 8 nitrogen and oxygen atoms in total. The van der Waals surface area contributed by atoms with Gasteiger partial charge in [0.15, 0.2) is 0 Å². The average molecular weight is 366 g/mol. The van der Waals surface area contributed by atoms with Gasteiger partial charge < -0.3 is 20.1 Å². The molecule has 2 aromatic heterocycles. The molecule has 1 amide bonds. The van der Waals surface area contributed by atoms with Gasteiger partial charge in [-0.2, -0.15) is 4.98 Å². The highest BCUT2D eigenvalue weighted by atomic mass is 16.5. The zero-order valence-electron chi connectivity index (χ0n) is 15.8. The van der Waals surface area contributed by atoms with Gasteiger partial charge in [0.2, 0.25) is 5.95 Å². The summed E-state index contributed by atoms with van der Waals surface area (Å²) >= 11 is 0. The van der Waals surface area contributed by atoms with Crippen LogP contribution in [0.5, 0.6) is 0 Å². The number of aromatic nitrogens is 3. The number of aryl methyl sites for hydroxylation is 1. The van der Waals surface area contributed by atoms with Crippen LogP contribution in [0.1, 0.15) is 21.8 Å². The van der Waals surface area contributed by atoms with Crippen LogP contribution in [0, 0.1) is 6.92 Å². The summed E-state index contributed by atoms with van der Waals surface area (Å²) in [6.45, 7) is 2.20. The molecule has 0 aliphatic carbocycles. The van der Waals surface area contributed by atoms with Crippen molar-refractivity contribution in [2.75, 3.05) is 31.8 Å². The predicted molar refractivity (Wildman–Crippen MR) is 103 cm³/mol. The molecule has 0 saturated heterocycles. The minimum Gasteiger partial charge on any atom is -0.384 e. The molecule has 3 rings (SSSR count). The van der Waals surface area contributed by atoms with Crippen molar-refractivity contribution in [3.8, 4) is 11.3 Å². The molecule has 0 fully saturated rings. The molecule has 0 atom stereocenters. The molecule has 2 heterocycles. The number of carbonyl (C=O) groups excluding carboxylic acids is 1. The summed E-state index contributed by atoms with van der Waals surface area (Å²) in [5.41, 5.74) is 8.74. The monoisotopic (exact) mass is 366 g/mol. The van der Waals surface area contributed by atoms with Crippen molar-refractivity contribution in [1.82, 2.24) is 20.0 Å². The van der Waals surface area contributed by atoms with Gasteiger partial charge in [-0.05, 0) is 19.1 Å². The number of rotatable bonds is 5. The minimum absolute atomic E-state index is 0.0987. The Labute approximate surface area is 157 Å². The lowest BCUT2D eigenvalue weighted by Crippen LogP contribution is -2.26. The van der Waals surface area contributed by atoms with Crippen LogP contribution in [0.4, 0.5) is 11.8 Å². The first-order valence-corrected chi connectivity index (χ1v) is 8.43. The number of anilines is 2. The van der Waals surface area contributed by atoms with Crippen LogP contribution in [-0.4, -0.2) is 47.1 Å². The Morgan fingerprint density at radius 1 is 1.11 bits per heavy atom. The Morgan fingerprint density at radius 3 is 2.41 bits per heavy atom. The lowest BCUT2D eigenvalue weighted by Gasteiger charge is -2.16. The molecule has 0 unspecified atom stereocenters. The lowest BCUT2D eigenvalue weighted by atomic mass is 10.1. The lowest BCUT2D eigenvalue weighted by molar-refractivity contribution is 0.0782. The fraction of sp³-hybridized carbons (Fsp3) is 0.263. The Hall–Kier alpha value is -3.42. The summed E-state index contributed by atoms with van der Waals surface area (Å²) < 4.78 is 5.04. The second-order valence-electron chi connectivity index (χ2n) is 6.54. The first-order chi connectivity index (χ1) is 12.8. The number of hydrogen-bond acceptors (Lipinski definition) is 7. The number of benzene rings is 1. The van der Waals surface area contributed by atoms with E-state index in [0.29, 0.717) is 35.3 Å². The van der Waals surface area contributed by atoms with Gasteiger partial charge in [0.1, 0.15) is 17.3 Å². The van der Waals surface area contributed by atoms with Crippen molar-refractivity contribution in [3.05, 3.63) is 53.4 Å². The highest BCUT2D eigenvalue weighted by Gasteiger charge is 2.14. The molecule has 0 saturated carbocycles. The van der Waals surface area contributed by atoms with E-state index in [4.69, 9.17) is 10.3 Å². The van der Waals surface area contributed by atoms with Crippen LogP contribution in [-0.2, 0) is 6.54 Å². The molecule has 0 aliphatic heterocycles. The maximum atomic E-state index is 12.6. The van der Waals surface area contributed by atoms with Crippen molar-refractivity contribution in [2.24, 2.45) is 0 Å². The van der Waals surface area contributed by atoms with E-state index in [0.717, 1.165) is 11.3 Å². The Morgan fingerprint density at radius 2 is 1.81 bits per heavy atom. The van der Waals surface area contributed by atoms with E-state index < -0.39 is 0 Å². The van der Waals surface area contributed by atoms with Gasteiger partial charge in [-0.15, -0.1) is 0 Å². The van der Waals surface area contributed by atoms with E-state index >= 15 is 0 Å². The second kappa shape index (κ2) is 7.45. The number of hydrogen-bond donors (Lipinski definition) is 1. The van der Waals surface area contributed by atoms with E-state index in [2.05, 4.69) is 15.1 Å². The number of nitrogens with two attached hydrogens (primary N) is 1. The zero-order chi connectivity index (χ0) is 19.6. The quantitative estimate of drug-likeness (QED) is 0.739. The Bertz CT molecular complexity index is 949. The first kappa shape index (κ1) is 18.4. The van der Waals surface area contributed by atoms with Crippen LogP contribution in [0.2, 0.25) is 0 Å². The normalized spacial score (nSPS) is 10.7. The summed E-state index contributed by atoms with van der Waals surface area (Å²) in [5.74, 6) is 1.55. The zero-order valence-corrected chi connectivity index (χ0v) is 15.8. The topological polar surface area (TPSA) is 101 Å². The highest BCUT2D eigenvalue weighted by Crippen LogP contribution is 2.22. The van der Waals surface area contributed by atoms with E-state index in [1.54, 1.807) is 35.0 Å². The summed E-state index contributed by atoms with van der Waals surface area (Å²) in [6.07, 6.45) is 0. The second-order valence-corrected chi connectivity index (χ2v) is 6.54. The summed E-state index contributed by atoms with van der Waals surface area (Å²) in [5, 5.41) is 3.92. The van der Waals surface area contributed by atoms with Crippen molar-refractivity contribution in [3.63, 3.8) is 0 Å². The molecule has 0 aliphatic rings. The van der Waals surface area contributed by atoms with Gasteiger partial charge >= 0.3 is 0 Å². The van der Waals surface area contributed by atoms with E-state index in [-0.39, 0.29) is 5.91 Å². The average Bonchev–Trinajstić information content (AvgIpc) is 3.05. The third-order valence-corrected chi connectivity index (χ3v) is 3.98. The summed E-state index contributed by atoms with van der Waals surface area (Å²) in [4.78, 5) is 24.7. The van der Waals surface area contributed by atoms with Crippen LogP contribution < -0.4 is 10.6 Å². The first-order valence-electron chi connectivity index (χ1n) is 8.43. The van der Waals surface area contributed by atoms with Crippen molar-refractivity contribution < 1.29 is 9.32 Å². The Kier molecular flexibility index (Phi) is 5.07. The van der Waals surface area contributed by atoms with Crippen molar-refractivity contribution in [1.29, 1.82) is 0 Å². The summed E-state index contributed by atoms with van der Waals surface area (Å²) in [7, 11) is 5.44. The molecule has 3 aromatic rings. The molecule has 27 heavy (non-hydrogen) atoms. The van der Waals surface area contributed by atoms with Gasteiger partial charge in [0.05, 0.1) is 12.2 Å². The largest absolute Gasteiger partial charge is 0.384 e. The van der Waals surface area contributed by atoms with Crippen molar-refractivity contribution >= 4 is 17.7 Å². The van der Waals surface area contributed by atoms with E-state index in [9.17, 15) is 4.79 Å².